The van der Waals surface area contributed by atoms with Crippen LogP contribution in [0.1, 0.15) is 0 Å². The van der Waals surface area contributed by atoms with Crippen molar-refractivity contribution in [3.8, 4) is 50.7 Å². The van der Waals surface area contributed by atoms with Crippen molar-refractivity contribution in [3.63, 3.8) is 0 Å². The molecule has 0 unspecified atom stereocenters. The number of hydrogen-bond donors (Lipinski definition) is 0. The van der Waals surface area contributed by atoms with Crippen LogP contribution >= 0.6 is 0 Å². The van der Waals surface area contributed by atoms with E-state index in [4.69, 9.17) is 9.97 Å². The molecule has 0 spiro atoms. The summed E-state index contributed by atoms with van der Waals surface area (Å²) in [6.07, 6.45) is 7.35. The molecule has 8 rings (SSSR count). The monoisotopic (exact) mass is 551 g/mol. The number of benzene rings is 3. The maximum absolute atomic E-state index is 4.74. The zero-order valence-corrected chi connectivity index (χ0v) is 23.2. The van der Waals surface area contributed by atoms with Crippen LogP contribution in [-0.2, 0) is 0 Å². The van der Waals surface area contributed by atoms with Crippen LogP contribution < -0.4 is 0 Å². The van der Waals surface area contributed by atoms with E-state index in [1.165, 1.54) is 0 Å². The lowest BCUT2D eigenvalue weighted by Gasteiger charge is -2.09. The Bertz CT molecular complexity index is 2080. The summed E-state index contributed by atoms with van der Waals surface area (Å²) in [5.41, 5.74) is 11.3. The van der Waals surface area contributed by atoms with Crippen LogP contribution in [0.3, 0.4) is 0 Å². The summed E-state index contributed by atoms with van der Waals surface area (Å²) >= 11 is 0. The van der Waals surface area contributed by atoms with Crippen molar-refractivity contribution in [2.75, 3.05) is 0 Å². The van der Waals surface area contributed by atoms with Gasteiger partial charge in [0, 0.05) is 63.5 Å². The highest BCUT2D eigenvalue weighted by molar-refractivity contribution is 6.11. The van der Waals surface area contributed by atoms with Gasteiger partial charge in [-0.1, -0.05) is 42.5 Å². The Labute approximate surface area is 248 Å². The van der Waals surface area contributed by atoms with Crippen LogP contribution in [0.2, 0.25) is 0 Å². The highest BCUT2D eigenvalue weighted by atomic mass is 15.0. The Morgan fingerprint density at radius 1 is 0.349 bits per heavy atom. The molecule has 0 fully saturated rings. The predicted molar refractivity (Wildman–Crippen MR) is 174 cm³/mol. The molecule has 0 N–H and O–H groups in total. The van der Waals surface area contributed by atoms with Gasteiger partial charge in [-0.05, 0) is 84.9 Å². The summed E-state index contributed by atoms with van der Waals surface area (Å²) in [6, 6.07) is 43.9. The molecule has 3 aromatic carbocycles. The third-order valence-electron chi connectivity index (χ3n) is 7.81. The summed E-state index contributed by atoms with van der Waals surface area (Å²) in [5, 5.41) is 2.31. The van der Waals surface area contributed by atoms with Gasteiger partial charge in [0.2, 0.25) is 0 Å². The molecule has 202 valence electrons. The van der Waals surface area contributed by atoms with Crippen LogP contribution in [0.5, 0.6) is 0 Å². The molecule has 0 aliphatic carbocycles. The number of nitrogens with zero attached hydrogens (tertiary/aromatic N) is 5. The summed E-state index contributed by atoms with van der Waals surface area (Å²) in [6.45, 7) is 0. The van der Waals surface area contributed by atoms with Crippen LogP contribution in [-0.4, -0.2) is 24.5 Å². The number of fused-ring (bicyclic) bond motifs is 3. The van der Waals surface area contributed by atoms with E-state index in [0.717, 1.165) is 72.5 Å². The number of rotatable bonds is 5. The molecule has 0 saturated heterocycles. The summed E-state index contributed by atoms with van der Waals surface area (Å²) in [5.74, 6) is 0. The third-order valence-corrected chi connectivity index (χ3v) is 7.81. The number of aromatic nitrogens is 5. The molecular formula is C38H25N5. The molecule has 0 aliphatic rings. The molecule has 0 bridgehead atoms. The number of para-hydroxylation sites is 1. The molecule has 8 aromatic rings. The van der Waals surface area contributed by atoms with Crippen LogP contribution in [0, 0.1) is 0 Å². The first kappa shape index (κ1) is 24.8. The quantitative estimate of drug-likeness (QED) is 0.214. The SMILES string of the molecule is c1ccc(-n2c3ccc(-c4cc(-c5ccccn5)ccn4)cc3c3cc(-c4cc(-c5ccccn5)ccn4)ccc32)cc1. The average molecular weight is 552 g/mol. The molecule has 5 nitrogen and oxygen atoms in total. The first-order chi connectivity index (χ1) is 21.3. The van der Waals surface area contributed by atoms with Gasteiger partial charge in [-0.25, -0.2) is 0 Å². The zero-order valence-electron chi connectivity index (χ0n) is 23.2. The van der Waals surface area contributed by atoms with E-state index in [2.05, 4.69) is 87.3 Å². The standard InChI is InChI=1S/C38H25N5/c1-2-8-30(9-3-1)43-37-14-12-26(35-24-28(16-20-41-35)33-10-4-6-18-39-33)22-31(37)32-23-27(13-15-38(32)43)36-25-29(17-21-42-36)34-11-5-7-19-40-34/h1-25H. The van der Waals surface area contributed by atoms with E-state index >= 15 is 0 Å². The second-order valence-electron chi connectivity index (χ2n) is 10.4. The van der Waals surface area contributed by atoms with E-state index < -0.39 is 0 Å². The molecule has 43 heavy (non-hydrogen) atoms. The number of pyridine rings is 4. The smallest absolute Gasteiger partial charge is 0.0708 e. The second-order valence-corrected chi connectivity index (χ2v) is 10.4. The molecular weight excluding hydrogens is 526 g/mol. The minimum atomic E-state index is 0.909. The fourth-order valence-corrected chi connectivity index (χ4v) is 5.76. The van der Waals surface area contributed by atoms with Gasteiger partial charge in [-0.3, -0.25) is 19.9 Å². The third kappa shape index (κ3) is 4.53. The van der Waals surface area contributed by atoms with Crippen molar-refractivity contribution < 1.29 is 0 Å². The Kier molecular flexibility index (Phi) is 6.05. The predicted octanol–water partition coefficient (Wildman–Crippen LogP) is 9.03. The largest absolute Gasteiger partial charge is 0.309 e. The molecule has 0 amide bonds. The summed E-state index contributed by atoms with van der Waals surface area (Å²) in [4.78, 5) is 18.5. The van der Waals surface area contributed by atoms with Gasteiger partial charge in [0.15, 0.2) is 0 Å². The topological polar surface area (TPSA) is 56.5 Å². The van der Waals surface area contributed by atoms with Crippen molar-refractivity contribution >= 4 is 21.8 Å². The Hall–Kier alpha value is -5.94. The van der Waals surface area contributed by atoms with Gasteiger partial charge >= 0.3 is 0 Å². The van der Waals surface area contributed by atoms with Crippen LogP contribution in [0.25, 0.3) is 72.5 Å². The number of hydrogen-bond acceptors (Lipinski definition) is 4. The first-order valence-corrected chi connectivity index (χ1v) is 14.2. The van der Waals surface area contributed by atoms with E-state index in [1.54, 1.807) is 0 Å². The van der Waals surface area contributed by atoms with E-state index in [1.807, 2.05) is 79.4 Å². The maximum Gasteiger partial charge on any atom is 0.0708 e. The Balaban J connectivity index is 1.31. The van der Waals surface area contributed by atoms with Gasteiger partial charge in [-0.15, -0.1) is 0 Å². The van der Waals surface area contributed by atoms with Crippen LogP contribution in [0.15, 0.2) is 152 Å². The molecule has 5 heterocycles. The van der Waals surface area contributed by atoms with Crippen molar-refractivity contribution in [3.05, 3.63) is 152 Å². The summed E-state index contributed by atoms with van der Waals surface area (Å²) in [7, 11) is 0. The molecule has 0 radical (unpaired) electrons. The lowest BCUT2D eigenvalue weighted by molar-refractivity contribution is 1.18. The highest BCUT2D eigenvalue weighted by Crippen LogP contribution is 2.37. The van der Waals surface area contributed by atoms with Gasteiger partial charge in [0.1, 0.15) is 0 Å². The minimum Gasteiger partial charge on any atom is -0.309 e. The fraction of sp³-hybridized carbons (Fsp3) is 0. The lowest BCUT2D eigenvalue weighted by Crippen LogP contribution is -1.93. The van der Waals surface area contributed by atoms with E-state index in [0.29, 0.717) is 0 Å². The van der Waals surface area contributed by atoms with Crippen molar-refractivity contribution in [1.82, 2.24) is 24.5 Å². The normalized spacial score (nSPS) is 11.3. The molecule has 0 atom stereocenters. The van der Waals surface area contributed by atoms with E-state index in [9.17, 15) is 0 Å². The van der Waals surface area contributed by atoms with Gasteiger partial charge in [-0.2, -0.15) is 0 Å². The molecule has 0 saturated carbocycles. The van der Waals surface area contributed by atoms with Gasteiger partial charge in [0.25, 0.3) is 0 Å². The van der Waals surface area contributed by atoms with Gasteiger partial charge < -0.3 is 4.57 Å². The Morgan fingerprint density at radius 2 is 0.814 bits per heavy atom. The lowest BCUT2D eigenvalue weighted by atomic mass is 10.0. The first-order valence-electron chi connectivity index (χ1n) is 14.2. The van der Waals surface area contributed by atoms with Crippen molar-refractivity contribution in [1.29, 1.82) is 0 Å². The maximum atomic E-state index is 4.74. The molecule has 0 aliphatic heterocycles. The van der Waals surface area contributed by atoms with Gasteiger partial charge in [0.05, 0.1) is 33.8 Å². The fourth-order valence-electron chi connectivity index (χ4n) is 5.76. The minimum absolute atomic E-state index is 0.909. The van der Waals surface area contributed by atoms with E-state index in [-0.39, 0.29) is 0 Å². The van der Waals surface area contributed by atoms with Crippen molar-refractivity contribution in [2.24, 2.45) is 0 Å². The van der Waals surface area contributed by atoms with Crippen LogP contribution in [0.4, 0.5) is 0 Å². The second kappa shape index (κ2) is 10.5. The molecule has 5 heteroatoms. The average Bonchev–Trinajstić information content (AvgIpc) is 3.42. The highest BCUT2D eigenvalue weighted by Gasteiger charge is 2.16. The van der Waals surface area contributed by atoms with Crippen molar-refractivity contribution in [2.45, 2.75) is 0 Å². The Morgan fingerprint density at radius 3 is 1.30 bits per heavy atom. The summed E-state index contributed by atoms with van der Waals surface area (Å²) < 4.78 is 2.33. The zero-order chi connectivity index (χ0) is 28.6. The molecule has 5 aromatic heterocycles.